The van der Waals surface area contributed by atoms with Gasteiger partial charge in [-0.25, -0.2) is 0 Å². The van der Waals surface area contributed by atoms with Gasteiger partial charge in [0.2, 0.25) is 0 Å². The summed E-state index contributed by atoms with van der Waals surface area (Å²) in [5.41, 5.74) is 7.08. The van der Waals surface area contributed by atoms with Gasteiger partial charge in [-0.3, -0.25) is 20.4 Å². The highest BCUT2D eigenvalue weighted by molar-refractivity contribution is 7.12. The van der Waals surface area contributed by atoms with Crippen LogP contribution in [0.3, 0.4) is 0 Å². The minimum absolute atomic E-state index is 0.235. The maximum Gasteiger partial charge on any atom is 0.271 e. The summed E-state index contributed by atoms with van der Waals surface area (Å²) >= 11 is 1.35. The molecule has 3 rings (SSSR count). The van der Waals surface area contributed by atoms with Crippen LogP contribution in [0.2, 0.25) is 0 Å². The first-order chi connectivity index (χ1) is 11.7. The van der Waals surface area contributed by atoms with Gasteiger partial charge in [0.1, 0.15) is 0 Å². The van der Waals surface area contributed by atoms with Crippen LogP contribution < -0.4 is 16.2 Å². The summed E-state index contributed by atoms with van der Waals surface area (Å²) in [4.78, 5) is 25.2. The number of amides is 2. The molecular formula is C18H15N3O2S. The molecule has 0 aliphatic rings. The number of hydrogen-bond donors (Lipinski definition) is 3. The molecule has 0 saturated heterocycles. The Morgan fingerprint density at radius 2 is 1.54 bits per heavy atom. The van der Waals surface area contributed by atoms with Gasteiger partial charge in [0.15, 0.2) is 0 Å². The van der Waals surface area contributed by atoms with Gasteiger partial charge in [-0.2, -0.15) is 0 Å². The number of rotatable bonds is 5. The van der Waals surface area contributed by atoms with E-state index in [0.29, 0.717) is 16.1 Å². The molecule has 0 fully saturated rings. The number of carbonyl (C=O) groups excluding carboxylic acids is 2. The lowest BCUT2D eigenvalue weighted by molar-refractivity contribution is 0.0963. The number of nitrogens with one attached hydrogen (secondary N) is 3. The summed E-state index contributed by atoms with van der Waals surface area (Å²) in [6.07, 6.45) is 0. The Bertz CT molecular complexity index is 832. The van der Waals surface area contributed by atoms with Crippen LogP contribution in [-0.2, 0) is 0 Å². The molecule has 3 N–H and O–H groups in total. The Balaban J connectivity index is 1.71. The predicted molar refractivity (Wildman–Crippen MR) is 96.2 cm³/mol. The average Bonchev–Trinajstić information content (AvgIpc) is 3.16. The number of anilines is 2. The second-order valence-electron chi connectivity index (χ2n) is 4.92. The van der Waals surface area contributed by atoms with E-state index >= 15 is 0 Å². The minimum atomic E-state index is -0.332. The topological polar surface area (TPSA) is 70.2 Å². The summed E-state index contributed by atoms with van der Waals surface area (Å²) in [7, 11) is 0. The molecule has 2 aromatic carbocycles. The fraction of sp³-hybridized carbons (Fsp3) is 0. The number of carbonyl (C=O) groups is 2. The minimum Gasteiger partial charge on any atom is -0.321 e. The molecule has 0 aliphatic heterocycles. The SMILES string of the molecule is O=C(Nc1ccccc1C(=O)NNc1ccccc1)c1cccs1. The van der Waals surface area contributed by atoms with E-state index in [1.54, 1.807) is 30.3 Å². The van der Waals surface area contributed by atoms with E-state index in [4.69, 9.17) is 0 Å². The third-order valence-electron chi connectivity index (χ3n) is 3.26. The summed E-state index contributed by atoms with van der Waals surface area (Å²) in [5.74, 6) is -0.567. The molecule has 1 heterocycles. The van der Waals surface area contributed by atoms with Crippen LogP contribution in [0.1, 0.15) is 20.0 Å². The quantitative estimate of drug-likeness (QED) is 0.621. The summed E-state index contributed by atoms with van der Waals surface area (Å²) in [6, 6.07) is 19.7. The Hall–Kier alpha value is -3.12. The van der Waals surface area contributed by atoms with E-state index in [1.165, 1.54) is 11.3 Å². The molecule has 0 saturated carbocycles. The fourth-order valence-electron chi connectivity index (χ4n) is 2.10. The number of hydrogen-bond acceptors (Lipinski definition) is 4. The Morgan fingerprint density at radius 3 is 2.29 bits per heavy atom. The van der Waals surface area contributed by atoms with Crippen molar-refractivity contribution >= 4 is 34.5 Å². The molecular weight excluding hydrogens is 322 g/mol. The molecule has 5 nitrogen and oxygen atoms in total. The third-order valence-corrected chi connectivity index (χ3v) is 4.13. The molecule has 120 valence electrons. The van der Waals surface area contributed by atoms with Crippen LogP contribution in [0.25, 0.3) is 0 Å². The smallest absolute Gasteiger partial charge is 0.271 e. The standard InChI is InChI=1S/C18H15N3O2S/c22-17(21-20-13-7-2-1-3-8-13)14-9-4-5-10-15(14)19-18(23)16-11-6-12-24-16/h1-12,20H,(H,19,23)(H,21,22). The van der Waals surface area contributed by atoms with Crippen molar-refractivity contribution in [1.82, 2.24) is 5.43 Å². The van der Waals surface area contributed by atoms with E-state index in [2.05, 4.69) is 16.2 Å². The lowest BCUT2D eigenvalue weighted by atomic mass is 10.1. The number of hydrazine groups is 1. The van der Waals surface area contributed by atoms with Crippen LogP contribution in [0.5, 0.6) is 0 Å². The van der Waals surface area contributed by atoms with Gasteiger partial charge < -0.3 is 5.32 Å². The van der Waals surface area contributed by atoms with E-state index < -0.39 is 0 Å². The van der Waals surface area contributed by atoms with Gasteiger partial charge in [-0.05, 0) is 35.7 Å². The van der Waals surface area contributed by atoms with Crippen molar-refractivity contribution in [1.29, 1.82) is 0 Å². The molecule has 0 radical (unpaired) electrons. The number of benzene rings is 2. The van der Waals surface area contributed by atoms with Crippen molar-refractivity contribution in [3.05, 3.63) is 82.6 Å². The van der Waals surface area contributed by atoms with Crippen molar-refractivity contribution in [2.45, 2.75) is 0 Å². The first-order valence-corrected chi connectivity index (χ1v) is 8.17. The Morgan fingerprint density at radius 1 is 0.792 bits per heavy atom. The van der Waals surface area contributed by atoms with Gasteiger partial charge in [-0.15, -0.1) is 11.3 Å². The highest BCUT2D eigenvalue weighted by atomic mass is 32.1. The van der Waals surface area contributed by atoms with Crippen molar-refractivity contribution in [3.63, 3.8) is 0 Å². The fourth-order valence-corrected chi connectivity index (χ4v) is 2.72. The lowest BCUT2D eigenvalue weighted by Crippen LogP contribution is -2.30. The predicted octanol–water partition coefficient (Wildman–Crippen LogP) is 3.76. The third kappa shape index (κ3) is 3.80. The van der Waals surface area contributed by atoms with Crippen LogP contribution in [0.15, 0.2) is 72.1 Å². The van der Waals surface area contributed by atoms with Crippen molar-refractivity contribution in [2.75, 3.05) is 10.7 Å². The van der Waals surface area contributed by atoms with E-state index in [9.17, 15) is 9.59 Å². The molecule has 0 bridgehead atoms. The maximum absolute atomic E-state index is 12.4. The van der Waals surface area contributed by atoms with Crippen molar-refractivity contribution in [2.24, 2.45) is 0 Å². The van der Waals surface area contributed by atoms with E-state index in [1.807, 2.05) is 41.8 Å². The molecule has 0 aliphatic carbocycles. The Labute approximate surface area is 143 Å². The molecule has 0 spiro atoms. The Kier molecular flexibility index (Phi) is 4.88. The molecule has 24 heavy (non-hydrogen) atoms. The van der Waals surface area contributed by atoms with Crippen LogP contribution in [-0.4, -0.2) is 11.8 Å². The highest BCUT2D eigenvalue weighted by Crippen LogP contribution is 2.18. The normalized spacial score (nSPS) is 10.0. The molecule has 3 aromatic rings. The van der Waals surface area contributed by atoms with Crippen LogP contribution >= 0.6 is 11.3 Å². The number of thiophene rings is 1. The zero-order chi connectivity index (χ0) is 16.8. The second kappa shape index (κ2) is 7.43. The zero-order valence-corrected chi connectivity index (χ0v) is 13.5. The van der Waals surface area contributed by atoms with Crippen LogP contribution in [0, 0.1) is 0 Å². The lowest BCUT2D eigenvalue weighted by Gasteiger charge is -2.12. The second-order valence-corrected chi connectivity index (χ2v) is 5.87. The van der Waals surface area contributed by atoms with Crippen molar-refractivity contribution in [3.8, 4) is 0 Å². The van der Waals surface area contributed by atoms with E-state index in [-0.39, 0.29) is 11.8 Å². The molecule has 6 heteroatoms. The van der Waals surface area contributed by atoms with Crippen LogP contribution in [0.4, 0.5) is 11.4 Å². The molecule has 0 unspecified atom stereocenters. The van der Waals surface area contributed by atoms with Gasteiger partial charge in [0.25, 0.3) is 11.8 Å². The monoisotopic (exact) mass is 337 g/mol. The summed E-state index contributed by atoms with van der Waals surface area (Å²) in [6.45, 7) is 0. The van der Waals surface area contributed by atoms with Crippen molar-refractivity contribution < 1.29 is 9.59 Å². The van der Waals surface area contributed by atoms with Gasteiger partial charge in [0.05, 0.1) is 21.8 Å². The zero-order valence-electron chi connectivity index (χ0n) is 12.7. The molecule has 1 aromatic heterocycles. The van der Waals surface area contributed by atoms with E-state index in [0.717, 1.165) is 5.69 Å². The maximum atomic E-state index is 12.4. The number of para-hydroxylation sites is 2. The summed E-state index contributed by atoms with van der Waals surface area (Å²) < 4.78 is 0. The average molecular weight is 337 g/mol. The molecule has 2 amide bonds. The van der Waals surface area contributed by atoms with Gasteiger partial charge in [-0.1, -0.05) is 36.4 Å². The van der Waals surface area contributed by atoms with Gasteiger partial charge in [0, 0.05) is 0 Å². The largest absolute Gasteiger partial charge is 0.321 e. The molecule has 0 atom stereocenters. The first-order valence-electron chi connectivity index (χ1n) is 7.29. The highest BCUT2D eigenvalue weighted by Gasteiger charge is 2.14. The van der Waals surface area contributed by atoms with Gasteiger partial charge >= 0.3 is 0 Å². The summed E-state index contributed by atoms with van der Waals surface area (Å²) in [5, 5.41) is 4.61. The first kappa shape index (κ1) is 15.8.